The molecule has 6 heteroatoms. The number of anilines is 2. The zero-order valence-electron chi connectivity index (χ0n) is 12.8. The topological polar surface area (TPSA) is 83.7 Å². The summed E-state index contributed by atoms with van der Waals surface area (Å²) in [5, 5.41) is 7.21. The Morgan fingerprint density at radius 2 is 2.09 bits per heavy atom. The number of H-pyrrole nitrogens is 1. The molecule has 0 bridgehead atoms. The van der Waals surface area contributed by atoms with Gasteiger partial charge >= 0.3 is 0 Å². The van der Waals surface area contributed by atoms with E-state index in [4.69, 9.17) is 5.73 Å². The van der Waals surface area contributed by atoms with E-state index in [-0.39, 0.29) is 0 Å². The molecule has 3 heterocycles. The number of hydrogen-bond donors (Lipinski definition) is 2. The lowest BCUT2D eigenvalue weighted by atomic mass is 9.92. The minimum atomic E-state index is 0.416. The normalized spacial score (nSPS) is 21.6. The Bertz CT molecular complexity index is 651. The van der Waals surface area contributed by atoms with Gasteiger partial charge in [-0.2, -0.15) is 10.1 Å². The van der Waals surface area contributed by atoms with Crippen LogP contribution in [0.15, 0.2) is 12.3 Å². The van der Waals surface area contributed by atoms with Crippen LogP contribution in [-0.2, 0) is 12.8 Å². The SMILES string of the molecule is Nc1nc2c(c(N3CCC[C@H](c4ccn[nH]4)C3)n1)CCCC2. The van der Waals surface area contributed by atoms with Gasteiger partial charge in [0.15, 0.2) is 0 Å². The second-order valence-electron chi connectivity index (χ2n) is 6.33. The fraction of sp³-hybridized carbons (Fsp3) is 0.562. The summed E-state index contributed by atoms with van der Waals surface area (Å²) in [6.45, 7) is 2.03. The van der Waals surface area contributed by atoms with Crippen LogP contribution in [0, 0.1) is 0 Å². The Morgan fingerprint density at radius 3 is 2.95 bits per heavy atom. The van der Waals surface area contributed by atoms with E-state index in [0.717, 1.165) is 37.4 Å². The molecule has 0 aromatic carbocycles. The average molecular weight is 298 g/mol. The molecule has 0 unspecified atom stereocenters. The minimum absolute atomic E-state index is 0.416. The summed E-state index contributed by atoms with van der Waals surface area (Å²) >= 11 is 0. The molecule has 1 aliphatic carbocycles. The van der Waals surface area contributed by atoms with E-state index in [1.165, 1.54) is 36.9 Å². The first kappa shape index (κ1) is 13.5. The van der Waals surface area contributed by atoms with Gasteiger partial charge in [0.2, 0.25) is 5.95 Å². The highest BCUT2D eigenvalue weighted by atomic mass is 15.2. The number of rotatable bonds is 2. The van der Waals surface area contributed by atoms with Crippen molar-refractivity contribution in [3.63, 3.8) is 0 Å². The molecular formula is C16H22N6. The van der Waals surface area contributed by atoms with Crippen molar-refractivity contribution >= 4 is 11.8 Å². The summed E-state index contributed by atoms with van der Waals surface area (Å²) in [6, 6.07) is 2.08. The van der Waals surface area contributed by atoms with Crippen LogP contribution in [0.4, 0.5) is 11.8 Å². The van der Waals surface area contributed by atoms with Crippen LogP contribution in [0.5, 0.6) is 0 Å². The third-order valence-electron chi connectivity index (χ3n) is 4.86. The summed E-state index contributed by atoms with van der Waals surface area (Å²) in [4.78, 5) is 11.5. The number of nitrogen functional groups attached to an aromatic ring is 1. The van der Waals surface area contributed by atoms with Gasteiger partial charge in [0.05, 0.1) is 5.69 Å². The summed E-state index contributed by atoms with van der Waals surface area (Å²) in [5.41, 5.74) is 9.67. The lowest BCUT2D eigenvalue weighted by Crippen LogP contribution is -2.36. The molecule has 0 spiro atoms. The maximum atomic E-state index is 5.95. The second-order valence-corrected chi connectivity index (χ2v) is 6.33. The van der Waals surface area contributed by atoms with Crippen molar-refractivity contribution in [2.75, 3.05) is 23.7 Å². The van der Waals surface area contributed by atoms with Crippen LogP contribution in [0.1, 0.15) is 48.6 Å². The van der Waals surface area contributed by atoms with Crippen LogP contribution >= 0.6 is 0 Å². The number of aryl methyl sites for hydroxylation is 1. The Hall–Kier alpha value is -2.11. The van der Waals surface area contributed by atoms with Crippen molar-refractivity contribution < 1.29 is 0 Å². The van der Waals surface area contributed by atoms with Gasteiger partial charge in [-0.3, -0.25) is 5.10 Å². The number of nitrogens with two attached hydrogens (primary N) is 1. The molecule has 2 aromatic rings. The lowest BCUT2D eigenvalue weighted by molar-refractivity contribution is 0.495. The monoisotopic (exact) mass is 298 g/mol. The fourth-order valence-corrected chi connectivity index (χ4v) is 3.77. The first-order chi connectivity index (χ1) is 10.8. The van der Waals surface area contributed by atoms with Crippen molar-refractivity contribution in [3.05, 3.63) is 29.2 Å². The predicted octanol–water partition coefficient (Wildman–Crippen LogP) is 2.04. The number of hydrogen-bond acceptors (Lipinski definition) is 5. The standard InChI is InChI=1S/C16H22N6/c17-16-19-14-6-2-1-5-12(14)15(20-16)22-9-3-4-11(10-22)13-7-8-18-21-13/h7-8,11H,1-6,9-10H2,(H,18,21)(H2,17,19,20)/t11-/m0/s1. The molecule has 2 aliphatic rings. The fourth-order valence-electron chi connectivity index (χ4n) is 3.77. The number of fused-ring (bicyclic) bond motifs is 1. The van der Waals surface area contributed by atoms with E-state index in [2.05, 4.69) is 31.1 Å². The largest absolute Gasteiger partial charge is 0.368 e. The summed E-state index contributed by atoms with van der Waals surface area (Å²) in [7, 11) is 0. The first-order valence-corrected chi connectivity index (χ1v) is 8.21. The minimum Gasteiger partial charge on any atom is -0.368 e. The number of nitrogens with one attached hydrogen (secondary N) is 1. The molecule has 0 amide bonds. The van der Waals surface area contributed by atoms with Crippen LogP contribution < -0.4 is 10.6 Å². The van der Waals surface area contributed by atoms with Gasteiger partial charge in [0.25, 0.3) is 0 Å². The smallest absolute Gasteiger partial charge is 0.222 e. The maximum absolute atomic E-state index is 5.95. The van der Waals surface area contributed by atoms with E-state index in [9.17, 15) is 0 Å². The zero-order valence-corrected chi connectivity index (χ0v) is 12.8. The molecule has 4 rings (SSSR count). The van der Waals surface area contributed by atoms with Crippen LogP contribution in [0.2, 0.25) is 0 Å². The molecule has 2 aromatic heterocycles. The number of aromatic nitrogens is 4. The van der Waals surface area contributed by atoms with Crippen LogP contribution in [0.25, 0.3) is 0 Å². The molecule has 6 nitrogen and oxygen atoms in total. The quantitative estimate of drug-likeness (QED) is 0.886. The van der Waals surface area contributed by atoms with Crippen LogP contribution in [-0.4, -0.2) is 33.3 Å². The van der Waals surface area contributed by atoms with Gasteiger partial charge in [0.1, 0.15) is 5.82 Å². The molecule has 3 N–H and O–H groups in total. The summed E-state index contributed by atoms with van der Waals surface area (Å²) < 4.78 is 0. The molecular weight excluding hydrogens is 276 g/mol. The van der Waals surface area contributed by atoms with E-state index in [1.54, 1.807) is 0 Å². The van der Waals surface area contributed by atoms with Crippen molar-refractivity contribution in [2.24, 2.45) is 0 Å². The number of piperidine rings is 1. The van der Waals surface area contributed by atoms with E-state index < -0.39 is 0 Å². The maximum Gasteiger partial charge on any atom is 0.222 e. The van der Waals surface area contributed by atoms with Gasteiger partial charge in [-0.25, -0.2) is 4.98 Å². The Labute approximate surface area is 130 Å². The third-order valence-corrected chi connectivity index (χ3v) is 4.86. The van der Waals surface area contributed by atoms with Gasteiger partial charge < -0.3 is 10.6 Å². The Balaban J connectivity index is 1.65. The molecule has 116 valence electrons. The average Bonchev–Trinajstić information content (AvgIpc) is 3.09. The van der Waals surface area contributed by atoms with Gasteiger partial charge in [0, 0.05) is 36.5 Å². The van der Waals surface area contributed by atoms with Gasteiger partial charge in [-0.1, -0.05) is 0 Å². The van der Waals surface area contributed by atoms with Crippen LogP contribution in [0.3, 0.4) is 0 Å². The Morgan fingerprint density at radius 1 is 1.18 bits per heavy atom. The number of aromatic amines is 1. The van der Waals surface area contributed by atoms with Gasteiger partial charge in [-0.05, 0) is 44.6 Å². The molecule has 1 fully saturated rings. The molecule has 22 heavy (non-hydrogen) atoms. The third kappa shape index (κ3) is 2.42. The molecule has 1 atom stereocenters. The summed E-state index contributed by atoms with van der Waals surface area (Å²) in [5.74, 6) is 1.98. The molecule has 1 saturated heterocycles. The highest BCUT2D eigenvalue weighted by Crippen LogP contribution is 2.33. The first-order valence-electron chi connectivity index (χ1n) is 8.21. The van der Waals surface area contributed by atoms with Gasteiger partial charge in [-0.15, -0.1) is 0 Å². The highest BCUT2D eigenvalue weighted by Gasteiger charge is 2.27. The molecule has 0 saturated carbocycles. The van der Waals surface area contributed by atoms with Crippen molar-refractivity contribution in [1.29, 1.82) is 0 Å². The van der Waals surface area contributed by atoms with Crippen molar-refractivity contribution in [2.45, 2.75) is 44.4 Å². The molecule has 0 radical (unpaired) electrons. The number of nitrogens with zero attached hydrogens (tertiary/aromatic N) is 4. The van der Waals surface area contributed by atoms with Crippen molar-refractivity contribution in [1.82, 2.24) is 20.2 Å². The Kier molecular flexibility index (Phi) is 3.44. The zero-order chi connectivity index (χ0) is 14.9. The van der Waals surface area contributed by atoms with Crippen molar-refractivity contribution in [3.8, 4) is 0 Å². The highest BCUT2D eigenvalue weighted by molar-refractivity contribution is 5.53. The van der Waals surface area contributed by atoms with E-state index in [1.807, 2.05) is 6.20 Å². The lowest BCUT2D eigenvalue weighted by Gasteiger charge is -2.35. The van der Waals surface area contributed by atoms with E-state index in [0.29, 0.717) is 11.9 Å². The predicted molar refractivity (Wildman–Crippen MR) is 85.9 cm³/mol. The van der Waals surface area contributed by atoms with E-state index >= 15 is 0 Å². The summed E-state index contributed by atoms with van der Waals surface area (Å²) in [6.07, 6.45) is 8.75. The second kappa shape index (κ2) is 5.59. The molecule has 1 aliphatic heterocycles.